The Hall–Kier alpha value is -1.52. The molecule has 3 rings (SSSR count). The van der Waals surface area contributed by atoms with E-state index >= 15 is 0 Å². The molecule has 3 aromatic rings. The van der Waals surface area contributed by atoms with Gasteiger partial charge in [0.1, 0.15) is 5.01 Å². The molecule has 20 heavy (non-hydrogen) atoms. The molecular weight excluding hydrogens is 334 g/mol. The van der Waals surface area contributed by atoms with Crippen molar-refractivity contribution in [3.05, 3.63) is 63.1 Å². The van der Waals surface area contributed by atoms with Crippen molar-refractivity contribution in [1.29, 1.82) is 0 Å². The number of aryl methyl sites for hydroxylation is 1. The zero-order valence-electron chi connectivity index (χ0n) is 10.9. The van der Waals surface area contributed by atoms with Gasteiger partial charge in [-0.25, -0.2) is 4.98 Å². The molecule has 0 aliphatic heterocycles. The minimum atomic E-state index is 0.119. The minimum Gasteiger partial charge on any atom is -0.294 e. The number of Topliss-reactive ketones (excluding diaryl/α,β-unsaturated/α-hetero) is 1. The lowest BCUT2D eigenvalue weighted by atomic mass is 10.0. The van der Waals surface area contributed by atoms with Crippen molar-refractivity contribution in [2.75, 3.05) is 0 Å². The number of benzene rings is 2. The van der Waals surface area contributed by atoms with Gasteiger partial charge in [0.05, 0.1) is 16.6 Å². The summed E-state index contributed by atoms with van der Waals surface area (Å²) in [6, 6.07) is 13.7. The Morgan fingerprint density at radius 2 is 2.05 bits per heavy atom. The van der Waals surface area contributed by atoms with Crippen molar-refractivity contribution >= 4 is 43.3 Å². The number of thiazole rings is 1. The van der Waals surface area contributed by atoms with Gasteiger partial charge in [-0.2, -0.15) is 0 Å². The van der Waals surface area contributed by atoms with E-state index in [2.05, 4.69) is 20.9 Å². The quantitative estimate of drug-likeness (QED) is 0.638. The third-order valence-electron chi connectivity index (χ3n) is 3.14. The molecule has 0 radical (unpaired) electrons. The smallest absolute Gasteiger partial charge is 0.169 e. The molecular formula is C16H12BrNOS. The van der Waals surface area contributed by atoms with E-state index in [1.54, 1.807) is 11.3 Å². The number of halogens is 1. The van der Waals surface area contributed by atoms with Gasteiger partial charge in [-0.1, -0.05) is 34.1 Å². The normalized spacial score (nSPS) is 10.9. The Labute approximate surface area is 129 Å². The molecule has 0 saturated carbocycles. The molecule has 1 heterocycles. The molecule has 4 heteroatoms. The SMILES string of the molecule is Cc1cc(Br)ccc1C(=O)Cc1nc2ccccc2s1. The number of ketones is 1. The second kappa shape index (κ2) is 5.46. The van der Waals surface area contributed by atoms with Gasteiger partial charge in [0.25, 0.3) is 0 Å². The van der Waals surface area contributed by atoms with Crippen LogP contribution in [0.2, 0.25) is 0 Å². The lowest BCUT2D eigenvalue weighted by Crippen LogP contribution is -2.05. The van der Waals surface area contributed by atoms with Crippen LogP contribution in [0.1, 0.15) is 20.9 Å². The van der Waals surface area contributed by atoms with Gasteiger partial charge in [0, 0.05) is 10.0 Å². The Bertz CT molecular complexity index is 761. The Morgan fingerprint density at radius 1 is 1.25 bits per heavy atom. The van der Waals surface area contributed by atoms with Crippen molar-refractivity contribution in [3.63, 3.8) is 0 Å². The zero-order chi connectivity index (χ0) is 14.1. The van der Waals surface area contributed by atoms with Crippen molar-refractivity contribution in [2.45, 2.75) is 13.3 Å². The summed E-state index contributed by atoms with van der Waals surface area (Å²) in [5.41, 5.74) is 2.73. The first-order chi connectivity index (χ1) is 9.63. The highest BCUT2D eigenvalue weighted by Crippen LogP contribution is 2.24. The molecule has 2 nitrogen and oxygen atoms in total. The summed E-state index contributed by atoms with van der Waals surface area (Å²) >= 11 is 5.00. The van der Waals surface area contributed by atoms with Crippen LogP contribution in [-0.4, -0.2) is 10.8 Å². The first-order valence-electron chi connectivity index (χ1n) is 6.27. The van der Waals surface area contributed by atoms with Crippen molar-refractivity contribution < 1.29 is 4.79 Å². The van der Waals surface area contributed by atoms with Crippen LogP contribution in [0, 0.1) is 6.92 Å². The molecule has 0 spiro atoms. The predicted molar refractivity (Wildman–Crippen MR) is 86.5 cm³/mol. The van der Waals surface area contributed by atoms with Crippen LogP contribution < -0.4 is 0 Å². The standard InChI is InChI=1S/C16H12BrNOS/c1-10-8-11(17)6-7-12(10)14(19)9-16-18-13-4-2-3-5-15(13)20-16/h2-8H,9H2,1H3. The summed E-state index contributed by atoms with van der Waals surface area (Å²) in [6.45, 7) is 1.95. The third-order valence-corrected chi connectivity index (χ3v) is 4.67. The van der Waals surface area contributed by atoms with Crippen molar-refractivity contribution in [2.24, 2.45) is 0 Å². The zero-order valence-corrected chi connectivity index (χ0v) is 13.3. The molecule has 2 aromatic carbocycles. The van der Waals surface area contributed by atoms with Crippen LogP contribution in [-0.2, 0) is 6.42 Å². The highest BCUT2D eigenvalue weighted by molar-refractivity contribution is 9.10. The van der Waals surface area contributed by atoms with E-state index in [0.29, 0.717) is 6.42 Å². The highest BCUT2D eigenvalue weighted by Gasteiger charge is 2.13. The molecule has 0 saturated heterocycles. The number of para-hydroxylation sites is 1. The molecule has 0 aliphatic rings. The number of carbonyl (C=O) groups is 1. The summed E-state index contributed by atoms with van der Waals surface area (Å²) in [6.07, 6.45) is 0.363. The fraction of sp³-hybridized carbons (Fsp3) is 0.125. The molecule has 100 valence electrons. The summed E-state index contributed by atoms with van der Waals surface area (Å²) in [5, 5.41) is 0.874. The van der Waals surface area contributed by atoms with E-state index in [-0.39, 0.29) is 5.78 Å². The minimum absolute atomic E-state index is 0.119. The van der Waals surface area contributed by atoms with Crippen LogP contribution in [0.15, 0.2) is 46.9 Å². The largest absolute Gasteiger partial charge is 0.294 e. The number of nitrogens with zero attached hydrogens (tertiary/aromatic N) is 1. The summed E-state index contributed by atoms with van der Waals surface area (Å²) in [4.78, 5) is 16.9. The first-order valence-corrected chi connectivity index (χ1v) is 7.88. The van der Waals surface area contributed by atoms with Gasteiger partial charge in [-0.3, -0.25) is 4.79 Å². The second-order valence-electron chi connectivity index (χ2n) is 4.63. The average Bonchev–Trinajstić information content (AvgIpc) is 2.80. The van der Waals surface area contributed by atoms with Gasteiger partial charge < -0.3 is 0 Å². The van der Waals surface area contributed by atoms with Crippen LogP contribution in [0.4, 0.5) is 0 Å². The number of aromatic nitrogens is 1. The number of carbonyl (C=O) groups excluding carboxylic acids is 1. The second-order valence-corrected chi connectivity index (χ2v) is 6.67. The molecule has 0 amide bonds. The summed E-state index contributed by atoms with van der Waals surface area (Å²) < 4.78 is 2.12. The molecule has 0 fully saturated rings. The molecule has 0 bridgehead atoms. The highest BCUT2D eigenvalue weighted by atomic mass is 79.9. The van der Waals surface area contributed by atoms with Crippen molar-refractivity contribution in [3.8, 4) is 0 Å². The maximum atomic E-state index is 12.4. The van der Waals surface area contributed by atoms with Gasteiger partial charge in [-0.15, -0.1) is 11.3 Å². The van der Waals surface area contributed by atoms with Crippen molar-refractivity contribution in [1.82, 2.24) is 4.98 Å². The average molecular weight is 346 g/mol. The van der Waals surface area contributed by atoms with Gasteiger partial charge in [0.15, 0.2) is 5.78 Å². The number of hydrogen-bond acceptors (Lipinski definition) is 3. The van der Waals surface area contributed by atoms with Crippen LogP contribution in [0.25, 0.3) is 10.2 Å². The number of hydrogen-bond donors (Lipinski definition) is 0. The van der Waals surface area contributed by atoms with E-state index in [0.717, 1.165) is 30.8 Å². The molecule has 0 unspecified atom stereocenters. The van der Waals surface area contributed by atoms with Crippen LogP contribution in [0.3, 0.4) is 0 Å². The topological polar surface area (TPSA) is 30.0 Å². The first kappa shape index (κ1) is 13.5. The predicted octanol–water partition coefficient (Wildman–Crippen LogP) is 4.79. The number of rotatable bonds is 3. The Balaban J connectivity index is 1.88. The molecule has 0 N–H and O–H groups in total. The van der Waals surface area contributed by atoms with E-state index in [1.807, 2.05) is 49.4 Å². The number of fused-ring (bicyclic) bond motifs is 1. The summed E-state index contributed by atoms with van der Waals surface area (Å²) in [5.74, 6) is 0.119. The fourth-order valence-electron chi connectivity index (χ4n) is 2.17. The fourth-order valence-corrected chi connectivity index (χ4v) is 3.61. The maximum absolute atomic E-state index is 12.4. The van der Waals surface area contributed by atoms with Gasteiger partial charge >= 0.3 is 0 Å². The lowest BCUT2D eigenvalue weighted by molar-refractivity contribution is 0.0992. The van der Waals surface area contributed by atoms with Gasteiger partial charge in [0.2, 0.25) is 0 Å². The van der Waals surface area contributed by atoms with Crippen LogP contribution in [0.5, 0.6) is 0 Å². The van der Waals surface area contributed by atoms with E-state index in [9.17, 15) is 4.79 Å². The van der Waals surface area contributed by atoms with E-state index in [1.165, 1.54) is 0 Å². The van der Waals surface area contributed by atoms with E-state index < -0.39 is 0 Å². The van der Waals surface area contributed by atoms with Gasteiger partial charge in [-0.05, 0) is 36.8 Å². The third kappa shape index (κ3) is 2.67. The van der Waals surface area contributed by atoms with E-state index in [4.69, 9.17) is 0 Å². The maximum Gasteiger partial charge on any atom is 0.169 e. The Morgan fingerprint density at radius 3 is 2.80 bits per heavy atom. The summed E-state index contributed by atoms with van der Waals surface area (Å²) in [7, 11) is 0. The Kier molecular flexibility index (Phi) is 3.68. The van der Waals surface area contributed by atoms with Crippen LogP contribution >= 0.6 is 27.3 Å². The lowest BCUT2D eigenvalue weighted by Gasteiger charge is -2.04. The molecule has 0 atom stereocenters. The monoisotopic (exact) mass is 345 g/mol. The molecule has 1 aromatic heterocycles. The molecule has 0 aliphatic carbocycles.